The van der Waals surface area contributed by atoms with E-state index in [0.29, 0.717) is 44.5 Å². The minimum Gasteiger partial charge on any atom is -0.467 e. The Kier molecular flexibility index (Phi) is 5.35. The van der Waals surface area contributed by atoms with Gasteiger partial charge in [0.2, 0.25) is 5.91 Å². The number of morpholine rings is 1. The topological polar surface area (TPSA) is 66.2 Å². The normalized spacial score (nSPS) is 23.3. The predicted molar refractivity (Wildman–Crippen MR) is 84.9 cm³/mol. The van der Waals surface area contributed by atoms with Gasteiger partial charge >= 0.3 is 0 Å². The Balaban J connectivity index is 1.60. The van der Waals surface area contributed by atoms with Crippen LogP contribution in [0.5, 0.6) is 0 Å². The van der Waals surface area contributed by atoms with Crippen molar-refractivity contribution in [2.75, 3.05) is 32.8 Å². The van der Waals surface area contributed by atoms with Gasteiger partial charge in [-0.05, 0) is 31.5 Å². The van der Waals surface area contributed by atoms with Gasteiger partial charge in [-0.3, -0.25) is 9.69 Å². The van der Waals surface area contributed by atoms with Gasteiger partial charge < -0.3 is 19.2 Å². The van der Waals surface area contributed by atoms with Gasteiger partial charge in [0.15, 0.2) is 0 Å². The summed E-state index contributed by atoms with van der Waals surface area (Å²) in [6, 6.07) is 3.99. The Labute approximate surface area is 137 Å². The van der Waals surface area contributed by atoms with E-state index in [1.54, 1.807) is 18.4 Å². The minimum absolute atomic E-state index is 0.103. The molecule has 0 radical (unpaired) electrons. The molecule has 1 aromatic heterocycles. The summed E-state index contributed by atoms with van der Waals surface area (Å²) in [5, 5.41) is 10.3. The second-order valence-corrected chi connectivity index (χ2v) is 6.38. The second kappa shape index (κ2) is 7.47. The van der Waals surface area contributed by atoms with Crippen LogP contribution in [0.25, 0.3) is 0 Å². The van der Waals surface area contributed by atoms with Crippen LogP contribution in [0.4, 0.5) is 0 Å². The molecule has 1 aliphatic heterocycles. The van der Waals surface area contributed by atoms with Crippen LogP contribution in [0, 0.1) is 0 Å². The van der Waals surface area contributed by atoms with Crippen molar-refractivity contribution in [3.8, 4) is 0 Å². The van der Waals surface area contributed by atoms with Gasteiger partial charge in [0.1, 0.15) is 11.9 Å². The smallest absolute Gasteiger partial charge is 0.237 e. The highest BCUT2D eigenvalue weighted by Crippen LogP contribution is 2.27. The number of hydrogen-bond acceptors (Lipinski definition) is 5. The van der Waals surface area contributed by atoms with Crippen LogP contribution in [0.1, 0.15) is 38.1 Å². The van der Waals surface area contributed by atoms with Crippen molar-refractivity contribution >= 4 is 5.91 Å². The summed E-state index contributed by atoms with van der Waals surface area (Å²) in [5.74, 6) is 0.676. The van der Waals surface area contributed by atoms with E-state index in [4.69, 9.17) is 9.15 Å². The molecule has 6 heteroatoms. The van der Waals surface area contributed by atoms with Crippen molar-refractivity contribution in [3.05, 3.63) is 24.2 Å². The maximum Gasteiger partial charge on any atom is 0.237 e. The Morgan fingerprint density at radius 1 is 1.52 bits per heavy atom. The first-order valence-corrected chi connectivity index (χ1v) is 8.51. The summed E-state index contributed by atoms with van der Waals surface area (Å²) in [4.78, 5) is 16.8. The number of carbonyl (C=O) groups excluding carboxylic acids is 1. The lowest BCUT2D eigenvalue weighted by molar-refractivity contribution is -0.142. The molecule has 1 amide bonds. The second-order valence-electron chi connectivity index (χ2n) is 6.38. The molecule has 23 heavy (non-hydrogen) atoms. The molecule has 1 N–H and O–H groups in total. The molecule has 6 nitrogen and oxygen atoms in total. The summed E-state index contributed by atoms with van der Waals surface area (Å²) < 4.78 is 10.8. The van der Waals surface area contributed by atoms with Crippen molar-refractivity contribution in [3.63, 3.8) is 0 Å². The zero-order chi connectivity index (χ0) is 16.2. The average Bonchev–Trinajstić information content (AvgIpc) is 3.25. The van der Waals surface area contributed by atoms with E-state index < -0.39 is 6.10 Å². The Morgan fingerprint density at radius 3 is 3.00 bits per heavy atom. The molecule has 1 saturated carbocycles. The largest absolute Gasteiger partial charge is 0.467 e. The zero-order valence-corrected chi connectivity index (χ0v) is 13.7. The van der Waals surface area contributed by atoms with E-state index in [9.17, 15) is 9.90 Å². The van der Waals surface area contributed by atoms with E-state index >= 15 is 0 Å². The van der Waals surface area contributed by atoms with Crippen LogP contribution in [-0.2, 0) is 9.53 Å². The van der Waals surface area contributed by atoms with E-state index in [1.807, 2.05) is 4.90 Å². The fourth-order valence-electron chi connectivity index (χ4n) is 3.24. The maximum atomic E-state index is 12.7. The van der Waals surface area contributed by atoms with Crippen molar-refractivity contribution in [2.45, 2.75) is 44.4 Å². The highest BCUT2D eigenvalue weighted by atomic mass is 16.5. The number of amides is 1. The highest BCUT2D eigenvalue weighted by molar-refractivity contribution is 5.78. The zero-order valence-electron chi connectivity index (χ0n) is 13.7. The van der Waals surface area contributed by atoms with Crippen molar-refractivity contribution in [2.24, 2.45) is 0 Å². The minimum atomic E-state index is -0.710. The van der Waals surface area contributed by atoms with E-state index in [1.165, 1.54) is 12.8 Å². The first-order valence-electron chi connectivity index (χ1n) is 8.51. The number of likely N-dealkylation sites (N-methyl/N-ethyl adjacent to an activating group) is 1. The van der Waals surface area contributed by atoms with Gasteiger partial charge in [-0.2, -0.15) is 0 Å². The lowest BCUT2D eigenvalue weighted by Crippen LogP contribution is -2.52. The fourth-order valence-corrected chi connectivity index (χ4v) is 3.24. The standard InChI is InChI=1S/C17H26N2O4/c1-2-18(13-5-6-13)11-17(21)19-7-9-22-12-14(19)10-15(20)16-4-3-8-23-16/h3-4,8,13-15,20H,2,5-7,9-12H2,1H3. The number of hydrogen-bond donors (Lipinski definition) is 1. The monoisotopic (exact) mass is 322 g/mol. The summed E-state index contributed by atoms with van der Waals surface area (Å²) >= 11 is 0. The van der Waals surface area contributed by atoms with Crippen LogP contribution in [-0.4, -0.2) is 65.7 Å². The lowest BCUT2D eigenvalue weighted by atomic mass is 10.1. The van der Waals surface area contributed by atoms with E-state index in [0.717, 1.165) is 6.54 Å². The SMILES string of the molecule is CCN(CC(=O)N1CCOCC1CC(O)c1ccco1)C1CC1. The van der Waals surface area contributed by atoms with Gasteiger partial charge in [-0.1, -0.05) is 6.92 Å². The molecule has 2 atom stereocenters. The highest BCUT2D eigenvalue weighted by Gasteiger charge is 2.34. The third-order valence-electron chi connectivity index (χ3n) is 4.72. The van der Waals surface area contributed by atoms with Gasteiger partial charge in [-0.15, -0.1) is 0 Å². The number of nitrogens with zero attached hydrogens (tertiary/aromatic N) is 2. The third kappa shape index (κ3) is 4.13. The number of aliphatic hydroxyl groups is 1. The molecular weight excluding hydrogens is 296 g/mol. The van der Waals surface area contributed by atoms with Crippen molar-refractivity contribution < 1.29 is 19.1 Å². The molecule has 128 valence electrons. The average molecular weight is 322 g/mol. The molecule has 0 bridgehead atoms. The Hall–Kier alpha value is -1.37. The summed E-state index contributed by atoms with van der Waals surface area (Å²) in [5.41, 5.74) is 0. The summed E-state index contributed by atoms with van der Waals surface area (Å²) in [6.45, 7) is 5.10. The van der Waals surface area contributed by atoms with Gasteiger partial charge in [0.25, 0.3) is 0 Å². The summed E-state index contributed by atoms with van der Waals surface area (Å²) in [6.07, 6.45) is 3.68. The van der Waals surface area contributed by atoms with Gasteiger partial charge in [-0.25, -0.2) is 0 Å². The van der Waals surface area contributed by atoms with Crippen LogP contribution in [0.15, 0.2) is 22.8 Å². The molecule has 0 aromatic carbocycles. The molecule has 0 spiro atoms. The van der Waals surface area contributed by atoms with Crippen LogP contribution in [0.2, 0.25) is 0 Å². The molecule has 2 heterocycles. The Bertz CT molecular complexity index is 501. The number of rotatable bonds is 7. The summed E-state index contributed by atoms with van der Waals surface area (Å²) in [7, 11) is 0. The van der Waals surface area contributed by atoms with Crippen LogP contribution >= 0.6 is 0 Å². The number of carbonyl (C=O) groups is 1. The molecule has 2 unspecified atom stereocenters. The Morgan fingerprint density at radius 2 is 2.35 bits per heavy atom. The lowest BCUT2D eigenvalue weighted by Gasteiger charge is -2.37. The number of aliphatic hydroxyl groups excluding tert-OH is 1. The fraction of sp³-hybridized carbons (Fsp3) is 0.706. The first kappa shape index (κ1) is 16.5. The maximum absolute atomic E-state index is 12.7. The molecule has 3 rings (SSSR count). The quantitative estimate of drug-likeness (QED) is 0.822. The number of furan rings is 1. The van der Waals surface area contributed by atoms with E-state index in [2.05, 4.69) is 11.8 Å². The van der Waals surface area contributed by atoms with Crippen LogP contribution < -0.4 is 0 Å². The van der Waals surface area contributed by atoms with Crippen LogP contribution in [0.3, 0.4) is 0 Å². The molecular formula is C17H26N2O4. The molecule has 1 aromatic rings. The molecule has 2 fully saturated rings. The first-order chi connectivity index (χ1) is 11.2. The van der Waals surface area contributed by atoms with Crippen molar-refractivity contribution in [1.82, 2.24) is 9.80 Å². The molecule has 1 saturated heterocycles. The molecule has 1 aliphatic carbocycles. The predicted octanol–water partition coefficient (Wildman–Crippen LogP) is 1.41. The number of ether oxygens (including phenoxy) is 1. The van der Waals surface area contributed by atoms with Gasteiger partial charge in [0, 0.05) is 19.0 Å². The van der Waals surface area contributed by atoms with E-state index in [-0.39, 0.29) is 11.9 Å². The third-order valence-corrected chi connectivity index (χ3v) is 4.72. The van der Waals surface area contributed by atoms with Gasteiger partial charge in [0.05, 0.1) is 32.1 Å². The molecule has 2 aliphatic rings. The van der Waals surface area contributed by atoms with Crippen molar-refractivity contribution in [1.29, 1.82) is 0 Å².